The van der Waals surface area contributed by atoms with Crippen LogP contribution in [0.1, 0.15) is 67.2 Å². The molecule has 0 spiro atoms. The average molecular weight is 435 g/mol. The van der Waals surface area contributed by atoms with Crippen molar-refractivity contribution < 1.29 is 9.53 Å². The number of ether oxygens (including phenoxy) is 1. The monoisotopic (exact) mass is 434 g/mol. The summed E-state index contributed by atoms with van der Waals surface area (Å²) in [5.41, 5.74) is 6.79. The Balaban J connectivity index is 1.33. The number of hydrogen-bond acceptors (Lipinski definition) is 4. The van der Waals surface area contributed by atoms with Crippen molar-refractivity contribution in [3.8, 4) is 0 Å². The van der Waals surface area contributed by atoms with E-state index in [0.717, 1.165) is 58.3 Å². The summed E-state index contributed by atoms with van der Waals surface area (Å²) >= 11 is 0. The van der Waals surface area contributed by atoms with E-state index in [2.05, 4.69) is 28.4 Å². The molecule has 1 amide bonds. The highest BCUT2D eigenvalue weighted by Crippen LogP contribution is 2.26. The Kier molecular flexibility index (Phi) is 6.89. The van der Waals surface area contributed by atoms with Crippen LogP contribution in [0.25, 0.3) is 5.65 Å². The number of carbonyl (C=O) groups is 1. The number of nitrogens with zero attached hydrogens (tertiary/aromatic N) is 3. The molecule has 0 bridgehead atoms. The zero-order valence-corrected chi connectivity index (χ0v) is 19.6. The van der Waals surface area contributed by atoms with Crippen LogP contribution in [0.15, 0.2) is 30.3 Å². The molecule has 32 heavy (non-hydrogen) atoms. The third kappa shape index (κ3) is 5.36. The molecule has 6 heteroatoms. The van der Waals surface area contributed by atoms with E-state index in [1.807, 2.05) is 49.6 Å². The minimum Gasteiger partial charge on any atom is -0.374 e. The molecule has 2 heterocycles. The number of carbonyl (C=O) groups excluding carboxylic acids is 1. The molecule has 2 unspecified atom stereocenters. The summed E-state index contributed by atoms with van der Waals surface area (Å²) in [4.78, 5) is 17.3. The van der Waals surface area contributed by atoms with Crippen molar-refractivity contribution in [3.05, 3.63) is 58.5 Å². The van der Waals surface area contributed by atoms with Gasteiger partial charge in [-0.1, -0.05) is 31.9 Å². The first-order valence-corrected chi connectivity index (χ1v) is 11.7. The number of amides is 1. The second-order valence-corrected chi connectivity index (χ2v) is 9.27. The van der Waals surface area contributed by atoms with E-state index in [4.69, 9.17) is 4.74 Å². The van der Waals surface area contributed by atoms with Gasteiger partial charge in [0.15, 0.2) is 5.65 Å². The number of fused-ring (bicyclic) bond motifs is 1. The van der Waals surface area contributed by atoms with Gasteiger partial charge in [-0.05, 0) is 69.2 Å². The van der Waals surface area contributed by atoms with Crippen LogP contribution >= 0.6 is 0 Å². The van der Waals surface area contributed by atoms with Gasteiger partial charge in [-0.2, -0.15) is 5.10 Å². The Morgan fingerprint density at radius 3 is 2.88 bits per heavy atom. The van der Waals surface area contributed by atoms with E-state index < -0.39 is 0 Å². The largest absolute Gasteiger partial charge is 0.374 e. The van der Waals surface area contributed by atoms with Gasteiger partial charge in [-0.15, -0.1) is 0 Å². The SMILES string of the molecule is Cc1cc2nc(C)c(CCC(=O)Nc3cccc(COC4CCCC(C)C4)c3)c(C)n2n1. The van der Waals surface area contributed by atoms with Crippen LogP contribution in [0.5, 0.6) is 0 Å². The highest BCUT2D eigenvalue weighted by atomic mass is 16.5. The number of rotatable bonds is 7. The summed E-state index contributed by atoms with van der Waals surface area (Å²) in [7, 11) is 0. The lowest BCUT2D eigenvalue weighted by Crippen LogP contribution is -2.21. The second-order valence-electron chi connectivity index (χ2n) is 9.27. The van der Waals surface area contributed by atoms with E-state index in [1.165, 1.54) is 12.8 Å². The van der Waals surface area contributed by atoms with E-state index in [1.54, 1.807) is 0 Å². The predicted octanol–water partition coefficient (Wildman–Crippen LogP) is 5.32. The van der Waals surface area contributed by atoms with Crippen LogP contribution in [0, 0.1) is 26.7 Å². The third-order valence-electron chi connectivity index (χ3n) is 6.47. The Hall–Kier alpha value is -2.73. The van der Waals surface area contributed by atoms with Crippen molar-refractivity contribution in [2.75, 3.05) is 5.32 Å². The number of aromatic nitrogens is 3. The second kappa shape index (κ2) is 9.82. The molecule has 4 rings (SSSR count). The summed E-state index contributed by atoms with van der Waals surface area (Å²) in [5, 5.41) is 7.56. The maximum absolute atomic E-state index is 12.6. The lowest BCUT2D eigenvalue weighted by atomic mass is 9.89. The summed E-state index contributed by atoms with van der Waals surface area (Å²) in [5.74, 6) is 0.750. The Labute approximate surface area is 190 Å². The molecule has 1 aliphatic rings. The van der Waals surface area contributed by atoms with Crippen molar-refractivity contribution >= 4 is 17.2 Å². The zero-order chi connectivity index (χ0) is 22.7. The first kappa shape index (κ1) is 22.5. The van der Waals surface area contributed by atoms with Gasteiger partial charge < -0.3 is 10.1 Å². The molecule has 2 atom stereocenters. The van der Waals surface area contributed by atoms with E-state index >= 15 is 0 Å². The normalized spacial score (nSPS) is 18.8. The molecule has 0 radical (unpaired) electrons. The summed E-state index contributed by atoms with van der Waals surface area (Å²) in [6.07, 6.45) is 6.25. The summed E-state index contributed by atoms with van der Waals surface area (Å²) in [6, 6.07) is 9.95. The third-order valence-corrected chi connectivity index (χ3v) is 6.47. The first-order valence-electron chi connectivity index (χ1n) is 11.7. The van der Waals surface area contributed by atoms with Crippen LogP contribution in [-0.2, 0) is 22.6 Å². The number of aryl methyl sites for hydroxylation is 3. The number of benzene rings is 1. The molecule has 1 N–H and O–H groups in total. The van der Waals surface area contributed by atoms with Crippen LogP contribution in [0.3, 0.4) is 0 Å². The fraction of sp³-hybridized carbons (Fsp3) is 0.500. The molecule has 0 saturated heterocycles. The number of anilines is 1. The van der Waals surface area contributed by atoms with Crippen LogP contribution < -0.4 is 5.32 Å². The maximum Gasteiger partial charge on any atom is 0.224 e. The molecular formula is C26H34N4O2. The van der Waals surface area contributed by atoms with Crippen molar-refractivity contribution in [2.24, 2.45) is 5.92 Å². The predicted molar refractivity (Wildman–Crippen MR) is 127 cm³/mol. The lowest BCUT2D eigenvalue weighted by molar-refractivity contribution is -0.116. The number of nitrogens with one attached hydrogen (secondary N) is 1. The smallest absolute Gasteiger partial charge is 0.224 e. The van der Waals surface area contributed by atoms with Crippen molar-refractivity contribution in [3.63, 3.8) is 0 Å². The fourth-order valence-corrected chi connectivity index (χ4v) is 4.75. The van der Waals surface area contributed by atoms with Gasteiger partial charge in [-0.25, -0.2) is 9.50 Å². The van der Waals surface area contributed by atoms with Gasteiger partial charge in [0.1, 0.15) is 0 Å². The van der Waals surface area contributed by atoms with E-state index in [-0.39, 0.29) is 5.91 Å². The molecule has 2 aromatic heterocycles. The minimum absolute atomic E-state index is 0.000263. The van der Waals surface area contributed by atoms with Gasteiger partial charge in [0, 0.05) is 29.6 Å². The van der Waals surface area contributed by atoms with Gasteiger partial charge in [0.25, 0.3) is 0 Å². The lowest BCUT2D eigenvalue weighted by Gasteiger charge is -2.26. The molecule has 170 valence electrons. The first-order chi connectivity index (χ1) is 15.4. The topological polar surface area (TPSA) is 68.5 Å². The van der Waals surface area contributed by atoms with Crippen LogP contribution in [-0.4, -0.2) is 26.6 Å². The van der Waals surface area contributed by atoms with Gasteiger partial charge in [-0.3, -0.25) is 4.79 Å². The number of hydrogen-bond donors (Lipinski definition) is 1. The van der Waals surface area contributed by atoms with Gasteiger partial charge >= 0.3 is 0 Å². The van der Waals surface area contributed by atoms with Crippen molar-refractivity contribution in [1.29, 1.82) is 0 Å². The van der Waals surface area contributed by atoms with Crippen molar-refractivity contribution in [1.82, 2.24) is 14.6 Å². The van der Waals surface area contributed by atoms with Gasteiger partial charge in [0.2, 0.25) is 5.91 Å². The molecule has 6 nitrogen and oxygen atoms in total. The molecule has 3 aromatic rings. The summed E-state index contributed by atoms with van der Waals surface area (Å²) in [6.45, 7) is 8.90. The standard InChI is InChI=1S/C26H34N4O2/c1-17-7-5-10-23(13-17)32-16-21-8-6-9-22(15-21)28-26(31)12-11-24-19(3)27-25-14-18(2)29-30(25)20(24)4/h6,8-9,14-15,17,23H,5,7,10-13,16H2,1-4H3,(H,28,31). The quantitative estimate of drug-likeness (QED) is 0.546. The van der Waals surface area contributed by atoms with Gasteiger partial charge in [0.05, 0.1) is 18.4 Å². The van der Waals surface area contributed by atoms with E-state index in [0.29, 0.717) is 25.6 Å². The average Bonchev–Trinajstić information content (AvgIpc) is 3.13. The minimum atomic E-state index is -0.000263. The molecule has 1 aromatic carbocycles. The van der Waals surface area contributed by atoms with Crippen LogP contribution in [0.4, 0.5) is 5.69 Å². The highest BCUT2D eigenvalue weighted by molar-refractivity contribution is 5.90. The Morgan fingerprint density at radius 1 is 1.22 bits per heavy atom. The molecule has 0 aliphatic heterocycles. The summed E-state index contributed by atoms with van der Waals surface area (Å²) < 4.78 is 8.01. The Bertz CT molecular complexity index is 1100. The Morgan fingerprint density at radius 2 is 2.06 bits per heavy atom. The molecule has 1 fully saturated rings. The molecular weight excluding hydrogens is 400 g/mol. The highest BCUT2D eigenvalue weighted by Gasteiger charge is 2.19. The van der Waals surface area contributed by atoms with Crippen molar-refractivity contribution in [2.45, 2.75) is 78.9 Å². The maximum atomic E-state index is 12.6. The fourth-order valence-electron chi connectivity index (χ4n) is 4.75. The molecule has 1 saturated carbocycles. The van der Waals surface area contributed by atoms with Crippen LogP contribution in [0.2, 0.25) is 0 Å². The van der Waals surface area contributed by atoms with E-state index in [9.17, 15) is 4.79 Å². The zero-order valence-electron chi connectivity index (χ0n) is 19.6. The molecule has 1 aliphatic carbocycles.